The van der Waals surface area contributed by atoms with Crippen molar-refractivity contribution < 1.29 is 14.7 Å². The minimum atomic E-state index is -0.920. The number of fused-ring (bicyclic) bond motifs is 3. The maximum atomic E-state index is 12.6. The molecule has 0 aromatic heterocycles. The molecule has 2 amide bonds. The number of likely N-dealkylation sites (tertiary alicyclic amines) is 1. The third-order valence-electron chi connectivity index (χ3n) is 5.26. The molecule has 6 nitrogen and oxygen atoms in total. The number of carboxylic acid groups (broad SMARTS) is 1. The molecule has 1 fully saturated rings. The predicted molar refractivity (Wildman–Crippen MR) is 94.8 cm³/mol. The molecule has 2 aliphatic rings. The fraction of sp³-hybridized carbons (Fsp3) is 0.250. The topological polar surface area (TPSA) is 93.4 Å². The van der Waals surface area contributed by atoms with Crippen molar-refractivity contribution in [3.05, 3.63) is 59.2 Å². The minimum absolute atomic E-state index is 0.0135. The second kappa shape index (κ2) is 6.19. The normalized spacial score (nSPS) is 21.2. The van der Waals surface area contributed by atoms with Crippen molar-refractivity contribution in [3.8, 4) is 17.2 Å². The Morgan fingerprint density at radius 2 is 2.00 bits per heavy atom. The van der Waals surface area contributed by atoms with Gasteiger partial charge in [0.05, 0.1) is 11.6 Å². The zero-order chi connectivity index (χ0) is 18.3. The van der Waals surface area contributed by atoms with Crippen LogP contribution in [0.25, 0.3) is 11.1 Å². The van der Waals surface area contributed by atoms with Gasteiger partial charge in [-0.1, -0.05) is 24.3 Å². The van der Waals surface area contributed by atoms with E-state index in [1.54, 1.807) is 12.1 Å². The number of amides is 2. The van der Waals surface area contributed by atoms with Gasteiger partial charge in [-0.15, -0.1) is 0 Å². The van der Waals surface area contributed by atoms with E-state index in [0.29, 0.717) is 30.8 Å². The third kappa shape index (κ3) is 2.68. The summed E-state index contributed by atoms with van der Waals surface area (Å²) in [5.41, 5.74) is 3.79. The lowest BCUT2D eigenvalue weighted by molar-refractivity contribution is 0.0951. The molecular weight excluding hydrogens is 330 g/mol. The lowest BCUT2D eigenvalue weighted by atomic mass is 9.86. The van der Waals surface area contributed by atoms with Crippen LogP contribution in [0.15, 0.2) is 42.5 Å². The van der Waals surface area contributed by atoms with Crippen LogP contribution in [0.1, 0.15) is 27.4 Å². The number of nitrogens with one attached hydrogen (secondary N) is 1. The summed E-state index contributed by atoms with van der Waals surface area (Å²) in [6, 6.07) is 15.1. The Balaban J connectivity index is 1.76. The fourth-order valence-corrected chi connectivity index (χ4v) is 3.93. The van der Waals surface area contributed by atoms with E-state index in [9.17, 15) is 14.7 Å². The van der Waals surface area contributed by atoms with Gasteiger partial charge >= 0.3 is 6.09 Å². The monoisotopic (exact) mass is 347 g/mol. The maximum Gasteiger partial charge on any atom is 0.407 e. The summed E-state index contributed by atoms with van der Waals surface area (Å²) in [5, 5.41) is 21.3. The lowest BCUT2D eigenvalue weighted by Crippen LogP contribution is -2.31. The number of benzene rings is 2. The lowest BCUT2D eigenvalue weighted by Gasteiger charge is -2.16. The fourth-order valence-electron chi connectivity index (χ4n) is 3.93. The largest absolute Gasteiger partial charge is 0.465 e. The number of carbonyl (C=O) groups is 2. The molecule has 26 heavy (non-hydrogen) atoms. The van der Waals surface area contributed by atoms with Crippen LogP contribution in [-0.4, -0.2) is 41.6 Å². The summed E-state index contributed by atoms with van der Waals surface area (Å²) < 4.78 is 0. The summed E-state index contributed by atoms with van der Waals surface area (Å²) in [5.74, 6) is -0.0295. The Morgan fingerprint density at radius 1 is 1.19 bits per heavy atom. The number of rotatable bonds is 1. The van der Waals surface area contributed by atoms with E-state index in [0.717, 1.165) is 16.7 Å². The van der Waals surface area contributed by atoms with Gasteiger partial charge in [-0.25, -0.2) is 4.79 Å². The van der Waals surface area contributed by atoms with Crippen LogP contribution in [0.3, 0.4) is 0 Å². The molecule has 2 N–H and O–H groups in total. The van der Waals surface area contributed by atoms with Crippen LogP contribution >= 0.6 is 0 Å². The Kier molecular flexibility index (Phi) is 3.85. The Labute approximate surface area is 150 Å². The second-order valence-corrected chi connectivity index (χ2v) is 6.76. The van der Waals surface area contributed by atoms with Gasteiger partial charge in [-0.3, -0.25) is 4.79 Å². The first-order valence-corrected chi connectivity index (χ1v) is 8.47. The summed E-state index contributed by atoms with van der Waals surface area (Å²) in [6.07, 6.45) is -0.920. The van der Waals surface area contributed by atoms with E-state index in [1.165, 1.54) is 4.90 Å². The molecule has 1 saturated heterocycles. The quantitative estimate of drug-likeness (QED) is 0.829. The van der Waals surface area contributed by atoms with Crippen LogP contribution in [0.4, 0.5) is 4.79 Å². The van der Waals surface area contributed by atoms with E-state index in [4.69, 9.17) is 5.26 Å². The van der Waals surface area contributed by atoms with Gasteiger partial charge in [0.1, 0.15) is 0 Å². The van der Waals surface area contributed by atoms with Crippen molar-refractivity contribution in [3.63, 3.8) is 0 Å². The van der Waals surface area contributed by atoms with E-state index < -0.39 is 6.09 Å². The molecular formula is C20H17N3O3. The van der Waals surface area contributed by atoms with Gasteiger partial charge in [0.15, 0.2) is 0 Å². The summed E-state index contributed by atoms with van der Waals surface area (Å²) in [7, 11) is 0. The highest BCUT2D eigenvalue weighted by Crippen LogP contribution is 2.37. The van der Waals surface area contributed by atoms with Crippen molar-refractivity contribution >= 4 is 12.0 Å². The summed E-state index contributed by atoms with van der Waals surface area (Å²) >= 11 is 0. The van der Waals surface area contributed by atoms with Crippen molar-refractivity contribution in [2.45, 2.75) is 5.92 Å². The van der Waals surface area contributed by atoms with Crippen molar-refractivity contribution in [1.82, 2.24) is 10.2 Å². The second-order valence-electron chi connectivity index (χ2n) is 6.76. The molecule has 4 rings (SSSR count). The molecule has 2 heterocycles. The summed E-state index contributed by atoms with van der Waals surface area (Å²) in [6.45, 7) is 1.32. The highest BCUT2D eigenvalue weighted by Gasteiger charge is 2.39. The van der Waals surface area contributed by atoms with Gasteiger partial charge < -0.3 is 15.3 Å². The molecule has 0 bridgehead atoms. The van der Waals surface area contributed by atoms with Gasteiger partial charge in [0, 0.05) is 37.0 Å². The first-order valence-electron chi connectivity index (χ1n) is 8.47. The third-order valence-corrected chi connectivity index (χ3v) is 5.26. The number of hydrogen-bond donors (Lipinski definition) is 2. The van der Waals surface area contributed by atoms with Crippen LogP contribution < -0.4 is 5.32 Å². The molecule has 130 valence electrons. The molecule has 0 aliphatic carbocycles. The van der Waals surface area contributed by atoms with Crippen LogP contribution in [0.2, 0.25) is 0 Å². The molecule has 0 spiro atoms. The van der Waals surface area contributed by atoms with Crippen LogP contribution in [0.5, 0.6) is 0 Å². The molecule has 0 unspecified atom stereocenters. The first kappa shape index (κ1) is 16.2. The number of nitriles is 1. The highest BCUT2D eigenvalue weighted by molar-refractivity contribution is 5.97. The Morgan fingerprint density at radius 3 is 2.77 bits per heavy atom. The molecule has 2 aromatic carbocycles. The molecule has 2 atom stereocenters. The maximum absolute atomic E-state index is 12.6. The highest BCUT2D eigenvalue weighted by atomic mass is 16.4. The first-order chi connectivity index (χ1) is 12.6. The number of nitrogens with zero attached hydrogens (tertiary/aromatic N) is 2. The van der Waals surface area contributed by atoms with Crippen LogP contribution in [-0.2, 0) is 0 Å². The van der Waals surface area contributed by atoms with E-state index in [1.807, 2.05) is 30.3 Å². The SMILES string of the molecule is N#Cc1cccc(-c2ccc3c(c2)C(=O)NC[C@@H]2CN(C(=O)O)C[C@@H]32)c1. The zero-order valence-electron chi connectivity index (χ0n) is 14.0. The van der Waals surface area contributed by atoms with E-state index >= 15 is 0 Å². The van der Waals surface area contributed by atoms with Gasteiger partial charge in [-0.2, -0.15) is 5.26 Å². The average molecular weight is 347 g/mol. The Hall–Kier alpha value is -3.33. The molecule has 2 aromatic rings. The molecule has 2 aliphatic heterocycles. The Bertz CT molecular complexity index is 948. The van der Waals surface area contributed by atoms with E-state index in [2.05, 4.69) is 11.4 Å². The standard InChI is InChI=1S/C20H17N3O3/c21-8-12-2-1-3-13(6-12)14-4-5-16-17(7-14)19(24)22-9-15-10-23(20(25)26)11-18(15)16/h1-7,15,18H,9-11H2,(H,22,24)(H,25,26)/t15-,18-/m1/s1. The van der Waals surface area contributed by atoms with Gasteiger partial charge in [-0.05, 0) is 34.9 Å². The molecule has 0 radical (unpaired) electrons. The van der Waals surface area contributed by atoms with Gasteiger partial charge in [0.25, 0.3) is 5.91 Å². The zero-order valence-corrected chi connectivity index (χ0v) is 14.0. The smallest absolute Gasteiger partial charge is 0.407 e. The predicted octanol–water partition coefficient (Wildman–Crippen LogP) is 2.66. The van der Waals surface area contributed by atoms with Crippen molar-refractivity contribution in [1.29, 1.82) is 5.26 Å². The molecule has 6 heteroatoms. The minimum Gasteiger partial charge on any atom is -0.465 e. The average Bonchev–Trinajstić information content (AvgIpc) is 3.05. The van der Waals surface area contributed by atoms with E-state index in [-0.39, 0.29) is 17.7 Å². The molecule has 0 saturated carbocycles. The summed E-state index contributed by atoms with van der Waals surface area (Å²) in [4.78, 5) is 25.3. The van der Waals surface area contributed by atoms with Crippen LogP contribution in [0, 0.1) is 17.2 Å². The number of hydrogen-bond acceptors (Lipinski definition) is 3. The van der Waals surface area contributed by atoms with Crippen molar-refractivity contribution in [2.75, 3.05) is 19.6 Å². The van der Waals surface area contributed by atoms with Gasteiger partial charge in [0.2, 0.25) is 0 Å². The van der Waals surface area contributed by atoms with Crippen molar-refractivity contribution in [2.24, 2.45) is 5.92 Å². The number of carbonyl (C=O) groups excluding carboxylic acids is 1.